The van der Waals surface area contributed by atoms with Crippen LogP contribution in [-0.4, -0.2) is 31.7 Å². The van der Waals surface area contributed by atoms with E-state index in [0.717, 1.165) is 5.56 Å². The van der Waals surface area contributed by atoms with Gasteiger partial charge in [-0.1, -0.05) is 0 Å². The van der Waals surface area contributed by atoms with Gasteiger partial charge >= 0.3 is 5.69 Å². The molecule has 2 N–H and O–H groups in total. The highest BCUT2D eigenvalue weighted by Crippen LogP contribution is 2.31. The largest absolute Gasteiger partial charge is 0.507 e. The Bertz CT molecular complexity index is 1280. The Morgan fingerprint density at radius 2 is 1.89 bits per heavy atom. The Hall–Kier alpha value is -3.94. The summed E-state index contributed by atoms with van der Waals surface area (Å²) in [6.07, 6.45) is 3.25. The summed E-state index contributed by atoms with van der Waals surface area (Å²) in [5.41, 5.74) is 0.900. The summed E-state index contributed by atoms with van der Waals surface area (Å²) in [6.45, 7) is 0.222. The lowest BCUT2D eigenvalue weighted by Gasteiger charge is -2.11. The van der Waals surface area contributed by atoms with E-state index >= 15 is 0 Å². The minimum atomic E-state index is -0.557. The molecule has 0 atom stereocenters. The van der Waals surface area contributed by atoms with E-state index in [1.54, 1.807) is 48.8 Å². The van der Waals surface area contributed by atoms with Crippen molar-refractivity contribution in [3.05, 3.63) is 81.3 Å². The molecule has 0 spiro atoms. The number of fused-ring (bicyclic) bond motifs is 1. The van der Waals surface area contributed by atoms with Crippen molar-refractivity contribution in [1.82, 2.24) is 19.5 Å². The van der Waals surface area contributed by atoms with Gasteiger partial charge in [-0.2, -0.15) is 0 Å². The molecule has 4 aromatic rings. The number of hydrogen-bond donors (Lipinski definition) is 2. The van der Waals surface area contributed by atoms with Crippen LogP contribution in [0.1, 0.15) is 5.56 Å². The molecule has 0 aliphatic rings. The lowest BCUT2D eigenvalue weighted by Crippen LogP contribution is -2.31. The molecular weight excluding hydrogens is 360 g/mol. The van der Waals surface area contributed by atoms with E-state index in [1.807, 2.05) is 0 Å². The molecule has 0 fully saturated rings. The average Bonchev–Trinajstić information content (AvgIpc) is 2.71. The Morgan fingerprint density at radius 1 is 1.11 bits per heavy atom. The number of aromatic amines is 1. The van der Waals surface area contributed by atoms with E-state index in [2.05, 4.69) is 15.0 Å². The molecule has 0 saturated heterocycles. The second-order valence-electron chi connectivity index (χ2n) is 6.15. The third-order valence-corrected chi connectivity index (χ3v) is 4.41. The molecule has 1 aromatic carbocycles. The van der Waals surface area contributed by atoms with Gasteiger partial charge in [0.2, 0.25) is 0 Å². The molecule has 0 bridgehead atoms. The fourth-order valence-electron chi connectivity index (χ4n) is 2.98. The van der Waals surface area contributed by atoms with Gasteiger partial charge in [0.1, 0.15) is 11.5 Å². The number of nitrogens with zero attached hydrogens (tertiary/aromatic N) is 3. The van der Waals surface area contributed by atoms with E-state index in [9.17, 15) is 14.7 Å². The van der Waals surface area contributed by atoms with Crippen molar-refractivity contribution in [2.45, 2.75) is 6.54 Å². The van der Waals surface area contributed by atoms with Crippen LogP contribution in [0.3, 0.4) is 0 Å². The molecule has 3 aromatic heterocycles. The van der Waals surface area contributed by atoms with Gasteiger partial charge in [-0.15, -0.1) is 0 Å². The monoisotopic (exact) mass is 376 g/mol. The van der Waals surface area contributed by atoms with Gasteiger partial charge in [0.05, 0.1) is 24.7 Å². The predicted molar refractivity (Wildman–Crippen MR) is 104 cm³/mol. The molecule has 0 amide bonds. The number of ether oxygens (including phenoxy) is 1. The minimum absolute atomic E-state index is 0.0147. The predicted octanol–water partition coefficient (Wildman–Crippen LogP) is 1.91. The van der Waals surface area contributed by atoms with Gasteiger partial charge in [-0.05, 0) is 42.0 Å². The molecule has 0 unspecified atom stereocenters. The zero-order chi connectivity index (χ0) is 19.7. The van der Waals surface area contributed by atoms with Crippen LogP contribution in [0.2, 0.25) is 0 Å². The van der Waals surface area contributed by atoms with Gasteiger partial charge in [0, 0.05) is 24.0 Å². The summed E-state index contributed by atoms with van der Waals surface area (Å²) in [5.74, 6) is 0.493. The topological polar surface area (TPSA) is 110 Å². The number of methoxy groups -OCH3 is 1. The summed E-state index contributed by atoms with van der Waals surface area (Å²) < 4.78 is 6.48. The number of hydrogen-bond acceptors (Lipinski definition) is 6. The number of rotatable bonds is 4. The van der Waals surface area contributed by atoms with Crippen LogP contribution in [0.15, 0.2) is 64.4 Å². The van der Waals surface area contributed by atoms with Crippen molar-refractivity contribution in [3.8, 4) is 22.8 Å². The van der Waals surface area contributed by atoms with Crippen molar-refractivity contribution in [1.29, 1.82) is 0 Å². The van der Waals surface area contributed by atoms with Crippen LogP contribution in [-0.2, 0) is 6.54 Å². The highest BCUT2D eigenvalue weighted by atomic mass is 16.5. The summed E-state index contributed by atoms with van der Waals surface area (Å²) in [6, 6.07) is 11.6. The first-order valence-corrected chi connectivity index (χ1v) is 8.47. The van der Waals surface area contributed by atoms with Crippen molar-refractivity contribution in [2.75, 3.05) is 7.11 Å². The zero-order valence-corrected chi connectivity index (χ0v) is 14.9. The summed E-state index contributed by atoms with van der Waals surface area (Å²) in [5, 5.41) is 10.6. The Morgan fingerprint density at radius 3 is 2.61 bits per heavy atom. The standard InChI is InChI=1S/C20H16N4O4/c1-28-13-2-3-14(17(25)10-13)16-5-4-15-18(22-16)24(20(27)23-19(15)26)11-12-6-8-21-9-7-12/h2-10,25H,11H2,1H3,(H,23,26,27). The molecule has 0 aliphatic carbocycles. The molecule has 28 heavy (non-hydrogen) atoms. The van der Waals surface area contributed by atoms with Crippen LogP contribution in [0, 0.1) is 0 Å². The van der Waals surface area contributed by atoms with Gasteiger partial charge in [-0.25, -0.2) is 9.78 Å². The highest BCUT2D eigenvalue weighted by Gasteiger charge is 2.13. The fourth-order valence-corrected chi connectivity index (χ4v) is 2.98. The number of phenols is 1. The van der Waals surface area contributed by atoms with E-state index in [1.165, 1.54) is 17.7 Å². The minimum Gasteiger partial charge on any atom is -0.507 e. The lowest BCUT2D eigenvalue weighted by molar-refractivity contribution is 0.408. The molecule has 8 heteroatoms. The molecule has 0 aliphatic heterocycles. The summed E-state index contributed by atoms with van der Waals surface area (Å²) >= 11 is 0. The molecule has 4 rings (SSSR count). The maximum Gasteiger partial charge on any atom is 0.330 e. The first kappa shape index (κ1) is 17.5. The first-order valence-electron chi connectivity index (χ1n) is 8.47. The maximum absolute atomic E-state index is 12.4. The molecule has 140 valence electrons. The molecular formula is C20H16N4O4. The first-order chi connectivity index (χ1) is 13.6. The summed E-state index contributed by atoms with van der Waals surface area (Å²) in [7, 11) is 1.51. The van der Waals surface area contributed by atoms with Crippen LogP contribution in [0.25, 0.3) is 22.3 Å². The third kappa shape index (κ3) is 3.11. The normalized spacial score (nSPS) is 10.9. The quantitative estimate of drug-likeness (QED) is 0.563. The van der Waals surface area contributed by atoms with Gasteiger partial charge in [-0.3, -0.25) is 19.3 Å². The third-order valence-electron chi connectivity index (χ3n) is 4.41. The van der Waals surface area contributed by atoms with Crippen LogP contribution < -0.4 is 16.0 Å². The number of aromatic hydroxyl groups is 1. The molecule has 8 nitrogen and oxygen atoms in total. The van der Waals surface area contributed by atoms with E-state index in [4.69, 9.17) is 4.74 Å². The Balaban J connectivity index is 1.92. The number of benzene rings is 1. The van der Waals surface area contributed by atoms with Crippen molar-refractivity contribution in [3.63, 3.8) is 0 Å². The zero-order valence-electron chi connectivity index (χ0n) is 14.9. The maximum atomic E-state index is 12.4. The van der Waals surface area contributed by atoms with Crippen molar-refractivity contribution in [2.24, 2.45) is 0 Å². The highest BCUT2D eigenvalue weighted by molar-refractivity contribution is 5.79. The van der Waals surface area contributed by atoms with Crippen LogP contribution in [0.5, 0.6) is 11.5 Å². The number of nitrogens with one attached hydrogen (secondary N) is 1. The van der Waals surface area contributed by atoms with E-state index in [-0.39, 0.29) is 23.3 Å². The Labute approximate surface area is 158 Å². The Kier molecular flexibility index (Phi) is 4.36. The fraction of sp³-hybridized carbons (Fsp3) is 0.100. The van der Waals surface area contributed by atoms with E-state index in [0.29, 0.717) is 17.0 Å². The lowest BCUT2D eigenvalue weighted by atomic mass is 10.1. The van der Waals surface area contributed by atoms with Gasteiger partial charge in [0.15, 0.2) is 5.65 Å². The van der Waals surface area contributed by atoms with Crippen molar-refractivity contribution >= 4 is 11.0 Å². The SMILES string of the molecule is COc1ccc(-c2ccc3c(=O)[nH]c(=O)n(Cc4ccncc4)c3n2)c(O)c1. The van der Waals surface area contributed by atoms with Crippen LogP contribution in [0.4, 0.5) is 0 Å². The number of phenolic OH excluding ortho intramolecular Hbond substituents is 1. The smallest absolute Gasteiger partial charge is 0.330 e. The molecule has 3 heterocycles. The number of H-pyrrole nitrogens is 1. The van der Waals surface area contributed by atoms with Gasteiger partial charge < -0.3 is 9.84 Å². The van der Waals surface area contributed by atoms with Crippen LogP contribution >= 0.6 is 0 Å². The molecule has 0 saturated carbocycles. The second-order valence-corrected chi connectivity index (χ2v) is 6.15. The van der Waals surface area contributed by atoms with Gasteiger partial charge in [0.25, 0.3) is 5.56 Å². The summed E-state index contributed by atoms with van der Waals surface area (Å²) in [4.78, 5) is 35.4. The second kappa shape index (κ2) is 6.99. The number of pyridine rings is 2. The molecule has 0 radical (unpaired) electrons. The van der Waals surface area contributed by atoms with E-state index < -0.39 is 11.2 Å². The average molecular weight is 376 g/mol. The van der Waals surface area contributed by atoms with Crippen molar-refractivity contribution < 1.29 is 9.84 Å². The number of aromatic nitrogens is 4.